The molecule has 3 aromatic rings. The predicted molar refractivity (Wildman–Crippen MR) is 122 cm³/mol. The second-order valence-electron chi connectivity index (χ2n) is 8.27. The van der Waals surface area contributed by atoms with Crippen molar-refractivity contribution in [3.63, 3.8) is 0 Å². The van der Waals surface area contributed by atoms with Gasteiger partial charge < -0.3 is 5.73 Å². The van der Waals surface area contributed by atoms with Crippen molar-refractivity contribution >= 4 is 22.7 Å². The Morgan fingerprint density at radius 3 is 2.69 bits per heavy atom. The highest BCUT2D eigenvalue weighted by molar-refractivity contribution is 6.11. The number of aromatic nitrogens is 2. The number of benzene rings is 1. The zero-order chi connectivity index (χ0) is 20.1. The lowest BCUT2D eigenvalue weighted by atomic mass is 9.76. The maximum Gasteiger partial charge on any atom is 0.0782 e. The Balaban J connectivity index is 1.62. The summed E-state index contributed by atoms with van der Waals surface area (Å²) < 4.78 is 0. The summed E-state index contributed by atoms with van der Waals surface area (Å²) in [7, 11) is 0. The van der Waals surface area contributed by atoms with Crippen molar-refractivity contribution in [1.82, 2.24) is 9.97 Å². The molecule has 4 heteroatoms. The third-order valence-electron chi connectivity index (χ3n) is 5.94. The monoisotopic (exact) mass is 384 g/mol. The van der Waals surface area contributed by atoms with Crippen LogP contribution in [-0.4, -0.2) is 22.7 Å². The molecule has 0 atom stereocenters. The van der Waals surface area contributed by atoms with Gasteiger partial charge in [0.1, 0.15) is 0 Å². The molecular formula is C25H28N4. The summed E-state index contributed by atoms with van der Waals surface area (Å²) in [5.41, 5.74) is 11.1. The van der Waals surface area contributed by atoms with Crippen LogP contribution in [0, 0.1) is 5.41 Å². The van der Waals surface area contributed by atoms with E-state index in [0.29, 0.717) is 5.41 Å². The molecule has 0 spiro atoms. The van der Waals surface area contributed by atoms with Gasteiger partial charge in [0.2, 0.25) is 0 Å². The van der Waals surface area contributed by atoms with Crippen LogP contribution in [0.2, 0.25) is 0 Å². The fourth-order valence-corrected chi connectivity index (χ4v) is 4.21. The van der Waals surface area contributed by atoms with Gasteiger partial charge in [-0.25, -0.2) is 0 Å². The number of aliphatic imine (C=N–C) groups is 1. The molecule has 148 valence electrons. The van der Waals surface area contributed by atoms with Gasteiger partial charge in [0.25, 0.3) is 0 Å². The topological polar surface area (TPSA) is 64.2 Å². The molecule has 0 aliphatic heterocycles. The number of rotatable bonds is 5. The van der Waals surface area contributed by atoms with Gasteiger partial charge in [0.05, 0.1) is 11.2 Å². The van der Waals surface area contributed by atoms with Gasteiger partial charge in [0, 0.05) is 53.4 Å². The number of nitrogens with two attached hydrogens (primary N) is 1. The molecular weight excluding hydrogens is 356 g/mol. The average Bonchev–Trinajstić information content (AvgIpc) is 2.77. The molecule has 1 fully saturated rings. The Morgan fingerprint density at radius 2 is 1.86 bits per heavy atom. The molecule has 2 aromatic heterocycles. The van der Waals surface area contributed by atoms with Crippen LogP contribution in [-0.2, 0) is 0 Å². The van der Waals surface area contributed by atoms with Crippen LogP contribution in [0.25, 0.3) is 27.7 Å². The van der Waals surface area contributed by atoms with Crippen LogP contribution in [0.1, 0.15) is 44.6 Å². The van der Waals surface area contributed by atoms with Crippen molar-refractivity contribution in [2.75, 3.05) is 6.54 Å². The summed E-state index contributed by atoms with van der Waals surface area (Å²) in [4.78, 5) is 13.9. The minimum absolute atomic E-state index is 0.316. The SMILES string of the molecule is CC1(CN=C/C(=C\N)c2cccnc2-c2ccc3cccnc3c2)CCCCC1. The van der Waals surface area contributed by atoms with Crippen LogP contribution < -0.4 is 5.73 Å². The molecule has 1 aliphatic carbocycles. The lowest BCUT2D eigenvalue weighted by molar-refractivity contribution is 0.227. The Hall–Kier alpha value is -3.01. The Bertz CT molecular complexity index is 1050. The maximum absolute atomic E-state index is 6.00. The van der Waals surface area contributed by atoms with E-state index in [1.807, 2.05) is 30.7 Å². The van der Waals surface area contributed by atoms with Crippen molar-refractivity contribution in [2.45, 2.75) is 39.0 Å². The zero-order valence-electron chi connectivity index (χ0n) is 17.0. The van der Waals surface area contributed by atoms with E-state index >= 15 is 0 Å². The van der Waals surface area contributed by atoms with Crippen molar-refractivity contribution in [1.29, 1.82) is 0 Å². The summed E-state index contributed by atoms with van der Waals surface area (Å²) >= 11 is 0. The van der Waals surface area contributed by atoms with Crippen molar-refractivity contribution < 1.29 is 0 Å². The quantitative estimate of drug-likeness (QED) is 0.579. The summed E-state index contributed by atoms with van der Waals surface area (Å²) in [6.45, 7) is 3.20. The van der Waals surface area contributed by atoms with Gasteiger partial charge in [-0.05, 0) is 36.5 Å². The minimum atomic E-state index is 0.316. The number of hydrogen-bond acceptors (Lipinski definition) is 4. The van der Waals surface area contributed by atoms with Gasteiger partial charge >= 0.3 is 0 Å². The van der Waals surface area contributed by atoms with Gasteiger partial charge in [-0.2, -0.15) is 0 Å². The summed E-state index contributed by atoms with van der Waals surface area (Å²) in [5.74, 6) is 0. The van der Waals surface area contributed by atoms with Gasteiger partial charge in [-0.15, -0.1) is 0 Å². The first-order valence-corrected chi connectivity index (χ1v) is 10.4. The fourth-order valence-electron chi connectivity index (χ4n) is 4.21. The molecule has 1 aromatic carbocycles. The van der Waals surface area contributed by atoms with Gasteiger partial charge in [-0.3, -0.25) is 15.0 Å². The van der Waals surface area contributed by atoms with Crippen molar-refractivity contribution in [3.05, 3.63) is 66.6 Å². The molecule has 2 heterocycles. The minimum Gasteiger partial charge on any atom is -0.404 e. The molecule has 1 saturated carbocycles. The van der Waals surface area contributed by atoms with Crippen molar-refractivity contribution in [2.24, 2.45) is 16.1 Å². The normalized spacial score (nSPS) is 17.1. The second kappa shape index (κ2) is 8.56. The molecule has 2 N–H and O–H groups in total. The third-order valence-corrected chi connectivity index (χ3v) is 5.94. The van der Waals surface area contributed by atoms with Crippen LogP contribution in [0.3, 0.4) is 0 Å². The number of pyridine rings is 2. The molecule has 4 nitrogen and oxygen atoms in total. The molecule has 4 rings (SSSR count). The first kappa shape index (κ1) is 19.3. The molecule has 0 saturated heterocycles. The largest absolute Gasteiger partial charge is 0.404 e. The third kappa shape index (κ3) is 4.37. The van der Waals surface area contributed by atoms with E-state index < -0.39 is 0 Å². The van der Waals surface area contributed by atoms with Crippen LogP contribution >= 0.6 is 0 Å². The number of hydrogen-bond donors (Lipinski definition) is 1. The lowest BCUT2D eigenvalue weighted by Gasteiger charge is -2.31. The predicted octanol–water partition coefficient (Wildman–Crippen LogP) is 5.64. The fraction of sp³-hybridized carbons (Fsp3) is 0.320. The second-order valence-corrected chi connectivity index (χ2v) is 8.27. The van der Waals surface area contributed by atoms with E-state index in [9.17, 15) is 0 Å². The lowest BCUT2D eigenvalue weighted by Crippen LogP contribution is -2.23. The standard InChI is InChI=1S/C25H28N4/c1-25(11-3-2-4-12-25)18-27-17-21(16-26)22-8-6-14-29-24(22)20-10-9-19-7-5-13-28-23(19)15-20/h5-10,13-17H,2-4,11-12,18,26H2,1H3/b21-16+,27-17?. The van der Waals surface area contributed by atoms with E-state index in [0.717, 1.165) is 39.8 Å². The molecule has 0 amide bonds. The van der Waals surface area contributed by atoms with Crippen molar-refractivity contribution in [3.8, 4) is 11.3 Å². The van der Waals surface area contributed by atoms with Gasteiger partial charge in [0.15, 0.2) is 0 Å². The first-order chi connectivity index (χ1) is 14.2. The molecule has 29 heavy (non-hydrogen) atoms. The zero-order valence-corrected chi connectivity index (χ0v) is 17.0. The van der Waals surface area contributed by atoms with Crippen LogP contribution in [0.15, 0.2) is 66.1 Å². The summed E-state index contributed by atoms with van der Waals surface area (Å²) in [6.07, 6.45) is 13.7. The maximum atomic E-state index is 6.00. The highest BCUT2D eigenvalue weighted by atomic mass is 14.7. The van der Waals surface area contributed by atoms with Crippen LogP contribution in [0.4, 0.5) is 0 Å². The average molecular weight is 385 g/mol. The van der Waals surface area contributed by atoms with E-state index in [1.165, 1.54) is 32.1 Å². The highest BCUT2D eigenvalue weighted by Gasteiger charge is 2.26. The Kier molecular flexibility index (Phi) is 5.70. The summed E-state index contributed by atoms with van der Waals surface area (Å²) in [6, 6.07) is 14.3. The van der Waals surface area contributed by atoms with E-state index in [-0.39, 0.29) is 0 Å². The first-order valence-electron chi connectivity index (χ1n) is 10.4. The van der Waals surface area contributed by atoms with Gasteiger partial charge in [-0.1, -0.05) is 50.5 Å². The van der Waals surface area contributed by atoms with Crippen LogP contribution in [0.5, 0.6) is 0 Å². The van der Waals surface area contributed by atoms with E-state index in [4.69, 9.17) is 10.7 Å². The summed E-state index contributed by atoms with van der Waals surface area (Å²) in [5, 5.41) is 1.12. The molecule has 0 bridgehead atoms. The number of nitrogens with zero attached hydrogens (tertiary/aromatic N) is 3. The van der Waals surface area contributed by atoms with E-state index in [1.54, 1.807) is 6.20 Å². The van der Waals surface area contributed by atoms with E-state index in [2.05, 4.69) is 47.2 Å². The molecule has 0 unspecified atom stereocenters. The Morgan fingerprint density at radius 1 is 1.07 bits per heavy atom. The Labute approximate surface area is 172 Å². The molecule has 1 aliphatic rings. The highest BCUT2D eigenvalue weighted by Crippen LogP contribution is 2.36. The number of allylic oxidation sites excluding steroid dienone is 1. The number of fused-ring (bicyclic) bond motifs is 1. The molecule has 0 radical (unpaired) electrons. The smallest absolute Gasteiger partial charge is 0.0782 e.